The Kier molecular flexibility index (Phi) is 2.86. The van der Waals surface area contributed by atoms with Crippen molar-refractivity contribution in [1.82, 2.24) is 9.78 Å². The Labute approximate surface area is 73.0 Å². The third-order valence-electron chi connectivity index (χ3n) is 1.58. The van der Waals surface area contributed by atoms with Crippen molar-refractivity contribution in [3.05, 3.63) is 22.1 Å². The van der Waals surface area contributed by atoms with E-state index in [0.717, 1.165) is 5.69 Å². The summed E-state index contributed by atoms with van der Waals surface area (Å²) in [5, 5.41) is 2.82. The highest BCUT2D eigenvalue weighted by molar-refractivity contribution is 7.84. The molecule has 0 aromatic carbocycles. The first-order chi connectivity index (χ1) is 5.63. The third-order valence-corrected chi connectivity index (χ3v) is 2.85. The van der Waals surface area contributed by atoms with Crippen molar-refractivity contribution in [1.29, 1.82) is 0 Å². The van der Waals surface area contributed by atoms with Gasteiger partial charge in [-0.3, -0.25) is 18.8 Å². The lowest BCUT2D eigenvalue weighted by Gasteiger charge is -1.94. The summed E-state index contributed by atoms with van der Waals surface area (Å²) in [6.45, 7) is 1.86. The monoisotopic (exact) mass is 188 g/mol. The number of aromatic amines is 1. The average Bonchev–Trinajstić information content (AvgIpc) is 2.31. The zero-order valence-corrected chi connectivity index (χ0v) is 7.98. The molecule has 1 aromatic heterocycles. The van der Waals surface area contributed by atoms with Gasteiger partial charge in [-0.2, -0.15) is 0 Å². The number of aromatic nitrogens is 2. The van der Waals surface area contributed by atoms with Crippen LogP contribution in [0.25, 0.3) is 0 Å². The largest absolute Gasteiger partial charge is 0.299 e. The lowest BCUT2D eigenvalue weighted by molar-refractivity contribution is 0.681. The molecule has 1 heterocycles. The van der Waals surface area contributed by atoms with E-state index in [4.69, 9.17) is 0 Å². The molecule has 0 bridgehead atoms. The molecule has 4 nitrogen and oxygen atoms in total. The summed E-state index contributed by atoms with van der Waals surface area (Å²) >= 11 is 0. The van der Waals surface area contributed by atoms with Crippen LogP contribution < -0.4 is 5.56 Å². The molecule has 1 atom stereocenters. The van der Waals surface area contributed by atoms with Crippen molar-refractivity contribution < 1.29 is 4.21 Å². The Hall–Kier alpha value is -0.840. The number of H-pyrrole nitrogens is 1. The fourth-order valence-electron chi connectivity index (χ4n) is 0.898. The van der Waals surface area contributed by atoms with Gasteiger partial charge in [0, 0.05) is 35.4 Å². The van der Waals surface area contributed by atoms with E-state index in [-0.39, 0.29) is 5.56 Å². The minimum Gasteiger partial charge on any atom is -0.299 e. The quantitative estimate of drug-likeness (QED) is 0.725. The van der Waals surface area contributed by atoms with Crippen molar-refractivity contribution in [2.24, 2.45) is 7.05 Å². The van der Waals surface area contributed by atoms with Crippen LogP contribution in [0.4, 0.5) is 0 Å². The second-order valence-electron chi connectivity index (χ2n) is 2.55. The normalized spacial score (nSPS) is 13.2. The fourth-order valence-corrected chi connectivity index (χ4v) is 1.60. The maximum atomic E-state index is 11.1. The van der Waals surface area contributed by atoms with Crippen LogP contribution >= 0.6 is 0 Å². The van der Waals surface area contributed by atoms with Crippen LogP contribution in [0.15, 0.2) is 10.9 Å². The first-order valence-corrected chi connectivity index (χ1v) is 5.22. The van der Waals surface area contributed by atoms with E-state index in [2.05, 4.69) is 5.10 Å². The van der Waals surface area contributed by atoms with Gasteiger partial charge < -0.3 is 0 Å². The van der Waals surface area contributed by atoms with Crippen LogP contribution in [0.2, 0.25) is 0 Å². The fraction of sp³-hybridized carbons (Fsp3) is 0.571. The van der Waals surface area contributed by atoms with Gasteiger partial charge in [-0.15, -0.1) is 0 Å². The smallest absolute Gasteiger partial charge is 0.266 e. The molecule has 0 aliphatic carbocycles. The molecule has 0 radical (unpaired) electrons. The van der Waals surface area contributed by atoms with Crippen LogP contribution in [0, 0.1) is 0 Å². The van der Waals surface area contributed by atoms with Gasteiger partial charge in [0.05, 0.1) is 5.75 Å². The molecule has 1 rings (SSSR count). The molecule has 68 valence electrons. The summed E-state index contributed by atoms with van der Waals surface area (Å²) in [6, 6.07) is 1.48. The predicted octanol–water partition coefficient (Wildman–Crippen LogP) is -0.0180. The van der Waals surface area contributed by atoms with Crippen molar-refractivity contribution >= 4 is 10.8 Å². The highest BCUT2D eigenvalue weighted by atomic mass is 32.2. The summed E-state index contributed by atoms with van der Waals surface area (Å²) in [5.74, 6) is 1.06. The Balaban J connectivity index is 2.77. The second kappa shape index (κ2) is 3.71. The number of hydrogen-bond donors (Lipinski definition) is 1. The number of rotatable bonds is 3. The van der Waals surface area contributed by atoms with Gasteiger partial charge >= 0.3 is 0 Å². The number of aryl methyl sites for hydroxylation is 1. The molecule has 1 aromatic rings. The average molecular weight is 188 g/mol. The van der Waals surface area contributed by atoms with Gasteiger partial charge in [0.1, 0.15) is 0 Å². The van der Waals surface area contributed by atoms with E-state index in [1.54, 1.807) is 7.05 Å². The summed E-state index contributed by atoms with van der Waals surface area (Å²) in [7, 11) is 0.783. The standard InChI is InChI=1S/C7H12N2O2S/c1-3-12(11)5-6-4-7(10)9(2)8-6/h4,8H,3,5H2,1-2H3. The van der Waals surface area contributed by atoms with E-state index in [0.29, 0.717) is 11.5 Å². The predicted molar refractivity (Wildman–Crippen MR) is 48.4 cm³/mol. The molecule has 0 saturated carbocycles. The number of nitrogens with zero attached hydrogens (tertiary/aromatic N) is 1. The van der Waals surface area contributed by atoms with E-state index >= 15 is 0 Å². The van der Waals surface area contributed by atoms with Crippen molar-refractivity contribution in [3.63, 3.8) is 0 Å². The van der Waals surface area contributed by atoms with E-state index in [1.165, 1.54) is 10.7 Å². The van der Waals surface area contributed by atoms with Gasteiger partial charge in [-0.05, 0) is 0 Å². The SMILES string of the molecule is CCS(=O)Cc1cc(=O)n(C)[nH]1. The summed E-state index contributed by atoms with van der Waals surface area (Å²) in [4.78, 5) is 10.9. The van der Waals surface area contributed by atoms with Crippen LogP contribution in [-0.2, 0) is 23.6 Å². The van der Waals surface area contributed by atoms with Crippen molar-refractivity contribution in [3.8, 4) is 0 Å². The summed E-state index contributed by atoms with van der Waals surface area (Å²) in [6.07, 6.45) is 0. The topological polar surface area (TPSA) is 54.9 Å². The molecule has 1 unspecified atom stereocenters. The van der Waals surface area contributed by atoms with E-state index in [1.807, 2.05) is 6.92 Å². The molecule has 12 heavy (non-hydrogen) atoms. The Morgan fingerprint density at radius 3 is 2.75 bits per heavy atom. The van der Waals surface area contributed by atoms with Crippen LogP contribution in [0.5, 0.6) is 0 Å². The van der Waals surface area contributed by atoms with Gasteiger partial charge in [0.15, 0.2) is 0 Å². The van der Waals surface area contributed by atoms with E-state index in [9.17, 15) is 9.00 Å². The molecule has 0 saturated heterocycles. The zero-order chi connectivity index (χ0) is 9.14. The number of hydrogen-bond acceptors (Lipinski definition) is 2. The molecule has 5 heteroatoms. The van der Waals surface area contributed by atoms with Gasteiger partial charge in [0.2, 0.25) is 0 Å². The second-order valence-corrected chi connectivity index (χ2v) is 4.30. The molecule has 0 amide bonds. The molecule has 0 fully saturated rings. The highest BCUT2D eigenvalue weighted by Crippen LogP contribution is 1.95. The van der Waals surface area contributed by atoms with Crippen LogP contribution in [0.1, 0.15) is 12.6 Å². The maximum Gasteiger partial charge on any atom is 0.266 e. The molecular formula is C7H12N2O2S. The van der Waals surface area contributed by atoms with Crippen LogP contribution in [-0.4, -0.2) is 19.7 Å². The highest BCUT2D eigenvalue weighted by Gasteiger charge is 2.02. The first-order valence-electron chi connectivity index (χ1n) is 3.73. The zero-order valence-electron chi connectivity index (χ0n) is 7.16. The Bertz CT molecular complexity index is 339. The van der Waals surface area contributed by atoms with Gasteiger partial charge in [-0.1, -0.05) is 6.92 Å². The Morgan fingerprint density at radius 1 is 1.67 bits per heavy atom. The molecule has 0 aliphatic heterocycles. The minimum atomic E-state index is -0.856. The van der Waals surface area contributed by atoms with Crippen LogP contribution in [0.3, 0.4) is 0 Å². The first kappa shape index (κ1) is 9.25. The van der Waals surface area contributed by atoms with Gasteiger partial charge in [0.25, 0.3) is 5.56 Å². The molecule has 0 aliphatic rings. The molecular weight excluding hydrogens is 176 g/mol. The van der Waals surface area contributed by atoms with E-state index < -0.39 is 10.8 Å². The lowest BCUT2D eigenvalue weighted by atomic mass is 10.5. The van der Waals surface area contributed by atoms with Gasteiger partial charge in [-0.25, -0.2) is 0 Å². The molecule has 1 N–H and O–H groups in total. The number of nitrogens with one attached hydrogen (secondary N) is 1. The molecule has 0 spiro atoms. The summed E-state index contributed by atoms with van der Waals surface area (Å²) in [5.41, 5.74) is 0.654. The van der Waals surface area contributed by atoms with Crippen molar-refractivity contribution in [2.75, 3.05) is 5.75 Å². The lowest BCUT2D eigenvalue weighted by Crippen LogP contribution is -2.09. The van der Waals surface area contributed by atoms with Crippen molar-refractivity contribution in [2.45, 2.75) is 12.7 Å². The Morgan fingerprint density at radius 2 is 2.33 bits per heavy atom. The summed E-state index contributed by atoms with van der Waals surface area (Å²) < 4.78 is 12.5. The minimum absolute atomic E-state index is 0.0851. The maximum absolute atomic E-state index is 11.1. The third kappa shape index (κ3) is 2.07.